The Labute approximate surface area is 189 Å². The molecule has 32 heavy (non-hydrogen) atoms. The van der Waals surface area contributed by atoms with Crippen molar-refractivity contribution in [3.8, 4) is 0 Å². The van der Waals surface area contributed by atoms with Crippen molar-refractivity contribution in [3.05, 3.63) is 47.5 Å². The van der Waals surface area contributed by atoms with E-state index < -0.39 is 15.7 Å². The second-order valence-corrected chi connectivity index (χ2v) is 10.8. The van der Waals surface area contributed by atoms with Gasteiger partial charge >= 0.3 is 0 Å². The molecule has 1 atom stereocenters. The summed E-state index contributed by atoms with van der Waals surface area (Å²) < 4.78 is 47.2. The molecule has 0 unspecified atom stereocenters. The third kappa shape index (κ3) is 5.75. The lowest BCUT2D eigenvalue weighted by molar-refractivity contribution is -0.137. The van der Waals surface area contributed by atoms with Crippen LogP contribution in [0.3, 0.4) is 0 Å². The van der Waals surface area contributed by atoms with Gasteiger partial charge in [-0.25, -0.2) is 17.8 Å². The average molecular weight is 466 g/mol. The molecule has 9 heteroatoms. The fourth-order valence-corrected chi connectivity index (χ4v) is 5.34. The summed E-state index contributed by atoms with van der Waals surface area (Å²) in [4.78, 5) is 18.7. The quantitative estimate of drug-likeness (QED) is 0.566. The van der Waals surface area contributed by atoms with Gasteiger partial charge in [0.15, 0.2) is 0 Å². The second-order valence-electron chi connectivity index (χ2n) is 8.88. The van der Waals surface area contributed by atoms with Crippen LogP contribution in [-0.2, 0) is 38.2 Å². The molecule has 3 rings (SSSR count). The first kappa shape index (κ1) is 24.4. The number of carbonyl (C=O) groups is 1. The fourth-order valence-electron chi connectivity index (χ4n) is 3.84. The second kappa shape index (κ2) is 10.1. The molecular weight excluding hydrogens is 433 g/mol. The predicted molar refractivity (Wildman–Crippen MR) is 119 cm³/mol. The monoisotopic (exact) mass is 465 g/mol. The number of imidazole rings is 1. The van der Waals surface area contributed by atoms with Gasteiger partial charge in [-0.3, -0.25) is 4.79 Å². The van der Waals surface area contributed by atoms with E-state index in [1.807, 2.05) is 27.7 Å². The minimum absolute atomic E-state index is 0.000542. The van der Waals surface area contributed by atoms with Crippen molar-refractivity contribution in [1.29, 1.82) is 0 Å². The van der Waals surface area contributed by atoms with Gasteiger partial charge < -0.3 is 14.2 Å². The SMILES string of the molecule is CC(C)C(=O)N(Cc1cnc(S(=O)(=O)Cc2ccc(F)cc2)n1C[C@@H]1CCCO1)C(C)C. The summed E-state index contributed by atoms with van der Waals surface area (Å²) in [5, 5.41) is -0.0481. The van der Waals surface area contributed by atoms with E-state index in [0.29, 0.717) is 24.4 Å². The number of sulfone groups is 1. The fraction of sp³-hybridized carbons (Fsp3) is 0.565. The van der Waals surface area contributed by atoms with E-state index >= 15 is 0 Å². The van der Waals surface area contributed by atoms with Gasteiger partial charge in [-0.2, -0.15) is 0 Å². The van der Waals surface area contributed by atoms with E-state index in [0.717, 1.165) is 12.8 Å². The van der Waals surface area contributed by atoms with Gasteiger partial charge in [-0.15, -0.1) is 0 Å². The number of amides is 1. The Kier molecular flexibility index (Phi) is 7.71. The first-order chi connectivity index (χ1) is 15.1. The Balaban J connectivity index is 1.95. The van der Waals surface area contributed by atoms with Gasteiger partial charge in [0, 0.05) is 18.6 Å². The zero-order chi connectivity index (χ0) is 23.5. The lowest BCUT2D eigenvalue weighted by atomic mass is 10.1. The smallest absolute Gasteiger partial charge is 0.228 e. The number of hydrogen-bond acceptors (Lipinski definition) is 5. The van der Waals surface area contributed by atoms with Gasteiger partial charge in [0.1, 0.15) is 5.82 Å². The predicted octanol–water partition coefficient (Wildman–Crippen LogP) is 3.57. The normalized spacial score (nSPS) is 16.8. The molecule has 1 amide bonds. The summed E-state index contributed by atoms with van der Waals surface area (Å²) in [5.41, 5.74) is 1.14. The molecule has 176 valence electrons. The summed E-state index contributed by atoms with van der Waals surface area (Å²) in [6.07, 6.45) is 3.20. The van der Waals surface area contributed by atoms with Gasteiger partial charge in [0.2, 0.25) is 20.9 Å². The molecule has 1 aromatic carbocycles. The molecule has 0 radical (unpaired) electrons. The van der Waals surface area contributed by atoms with E-state index in [1.165, 1.54) is 30.5 Å². The van der Waals surface area contributed by atoms with Crippen LogP contribution in [0.25, 0.3) is 0 Å². The third-order valence-electron chi connectivity index (χ3n) is 5.59. The highest BCUT2D eigenvalue weighted by Gasteiger charge is 2.29. The largest absolute Gasteiger partial charge is 0.376 e. The first-order valence-electron chi connectivity index (χ1n) is 11.0. The number of halogens is 1. The van der Waals surface area contributed by atoms with Crippen molar-refractivity contribution in [3.63, 3.8) is 0 Å². The number of aromatic nitrogens is 2. The zero-order valence-electron chi connectivity index (χ0n) is 19.1. The lowest BCUT2D eigenvalue weighted by Crippen LogP contribution is -2.39. The maximum atomic E-state index is 13.3. The highest BCUT2D eigenvalue weighted by Crippen LogP contribution is 2.23. The Bertz CT molecular complexity index is 1030. The van der Waals surface area contributed by atoms with E-state index in [-0.39, 0.29) is 41.4 Å². The van der Waals surface area contributed by atoms with Crippen LogP contribution >= 0.6 is 0 Å². The Morgan fingerprint density at radius 3 is 2.50 bits per heavy atom. The van der Waals surface area contributed by atoms with Crippen LogP contribution in [-0.4, -0.2) is 47.5 Å². The van der Waals surface area contributed by atoms with Crippen molar-refractivity contribution < 1.29 is 22.3 Å². The number of rotatable bonds is 9. The lowest BCUT2D eigenvalue weighted by Gasteiger charge is -2.29. The summed E-state index contributed by atoms with van der Waals surface area (Å²) >= 11 is 0. The van der Waals surface area contributed by atoms with E-state index in [9.17, 15) is 17.6 Å². The molecule has 0 bridgehead atoms. The van der Waals surface area contributed by atoms with Crippen LogP contribution in [0, 0.1) is 11.7 Å². The van der Waals surface area contributed by atoms with Crippen molar-refractivity contribution in [2.75, 3.05) is 6.61 Å². The highest BCUT2D eigenvalue weighted by molar-refractivity contribution is 7.90. The topological polar surface area (TPSA) is 81.5 Å². The zero-order valence-corrected chi connectivity index (χ0v) is 19.9. The van der Waals surface area contributed by atoms with Gasteiger partial charge in [0.05, 0.1) is 36.8 Å². The number of carbonyl (C=O) groups excluding carboxylic acids is 1. The van der Waals surface area contributed by atoms with Gasteiger partial charge in [-0.1, -0.05) is 26.0 Å². The first-order valence-corrected chi connectivity index (χ1v) is 12.7. The summed E-state index contributed by atoms with van der Waals surface area (Å²) in [7, 11) is -3.80. The minimum Gasteiger partial charge on any atom is -0.376 e. The number of ether oxygens (including phenoxy) is 1. The number of benzene rings is 1. The molecule has 1 fully saturated rings. The molecule has 2 heterocycles. The Morgan fingerprint density at radius 2 is 1.94 bits per heavy atom. The molecule has 0 saturated carbocycles. The van der Waals surface area contributed by atoms with Crippen LogP contribution in [0.1, 0.15) is 51.8 Å². The summed E-state index contributed by atoms with van der Waals surface area (Å²) in [6.45, 7) is 8.84. The maximum Gasteiger partial charge on any atom is 0.228 e. The van der Waals surface area contributed by atoms with E-state index in [1.54, 1.807) is 9.47 Å². The van der Waals surface area contributed by atoms with Crippen LogP contribution in [0.4, 0.5) is 4.39 Å². The molecule has 1 aliphatic heterocycles. The molecule has 1 saturated heterocycles. The number of hydrogen-bond donors (Lipinski definition) is 0. The molecule has 0 spiro atoms. The molecule has 0 N–H and O–H groups in total. The average Bonchev–Trinajstić information content (AvgIpc) is 3.37. The van der Waals surface area contributed by atoms with Crippen molar-refractivity contribution in [2.24, 2.45) is 5.92 Å². The van der Waals surface area contributed by atoms with Crippen molar-refractivity contribution in [2.45, 2.75) is 76.7 Å². The van der Waals surface area contributed by atoms with Crippen LogP contribution in [0.5, 0.6) is 0 Å². The minimum atomic E-state index is -3.80. The Morgan fingerprint density at radius 1 is 1.25 bits per heavy atom. The molecule has 2 aromatic rings. The Hall–Kier alpha value is -2.26. The van der Waals surface area contributed by atoms with Crippen LogP contribution < -0.4 is 0 Å². The van der Waals surface area contributed by atoms with E-state index in [4.69, 9.17) is 4.74 Å². The van der Waals surface area contributed by atoms with Crippen molar-refractivity contribution in [1.82, 2.24) is 14.5 Å². The van der Waals surface area contributed by atoms with Gasteiger partial charge in [-0.05, 0) is 44.4 Å². The molecule has 7 nitrogen and oxygen atoms in total. The molecule has 0 aliphatic carbocycles. The summed E-state index contributed by atoms with van der Waals surface area (Å²) in [5.74, 6) is -0.875. The molecule has 1 aromatic heterocycles. The molecule has 1 aliphatic rings. The summed E-state index contributed by atoms with van der Waals surface area (Å²) in [6, 6.07) is 5.36. The van der Waals surface area contributed by atoms with Crippen LogP contribution in [0.15, 0.2) is 35.6 Å². The van der Waals surface area contributed by atoms with Crippen LogP contribution in [0.2, 0.25) is 0 Å². The standard InChI is InChI=1S/C23H32FN3O4S/c1-16(2)22(28)26(17(3)4)13-20-12-25-23(27(20)14-21-6-5-11-31-21)32(29,30)15-18-7-9-19(24)10-8-18/h7-10,12,16-17,21H,5-6,11,13-15H2,1-4H3/t21-/m0/s1. The van der Waals surface area contributed by atoms with Gasteiger partial charge in [0.25, 0.3) is 0 Å². The van der Waals surface area contributed by atoms with Crippen molar-refractivity contribution >= 4 is 15.7 Å². The number of nitrogens with zero attached hydrogens (tertiary/aromatic N) is 3. The maximum absolute atomic E-state index is 13.3. The highest BCUT2D eigenvalue weighted by atomic mass is 32.2. The third-order valence-corrected chi connectivity index (χ3v) is 7.19. The van der Waals surface area contributed by atoms with E-state index in [2.05, 4.69) is 4.98 Å². The molecular formula is C23H32FN3O4S.